The summed E-state index contributed by atoms with van der Waals surface area (Å²) in [6.07, 6.45) is 3.15. The lowest BCUT2D eigenvalue weighted by atomic mass is 9.86. The van der Waals surface area contributed by atoms with E-state index in [9.17, 15) is 5.11 Å². The van der Waals surface area contributed by atoms with E-state index in [2.05, 4.69) is 37.9 Å². The van der Waals surface area contributed by atoms with Crippen molar-refractivity contribution in [3.05, 3.63) is 0 Å². The van der Waals surface area contributed by atoms with Crippen molar-refractivity contribution < 1.29 is 5.11 Å². The van der Waals surface area contributed by atoms with Gasteiger partial charge >= 0.3 is 0 Å². The van der Waals surface area contributed by atoms with Crippen molar-refractivity contribution in [2.24, 2.45) is 23.5 Å². The Balaban J connectivity index is 2.47. The van der Waals surface area contributed by atoms with Crippen LogP contribution < -0.4 is 11.1 Å². The highest BCUT2D eigenvalue weighted by Crippen LogP contribution is 2.23. The van der Waals surface area contributed by atoms with Crippen LogP contribution in [-0.2, 0) is 0 Å². The molecule has 0 aromatic rings. The second-order valence-electron chi connectivity index (χ2n) is 7.53. The Bertz CT molecular complexity index is 271. The molecule has 0 amide bonds. The minimum Gasteiger partial charge on any atom is -0.393 e. The molecule has 1 fully saturated rings. The number of nitrogens with two attached hydrogens (primary N) is 1. The molecule has 4 heteroatoms. The Labute approximate surface area is 131 Å². The fraction of sp³-hybridized carbons (Fsp3) is 1.00. The molecule has 0 bridgehead atoms. The van der Waals surface area contributed by atoms with Crippen molar-refractivity contribution in [3.63, 3.8) is 0 Å². The van der Waals surface area contributed by atoms with E-state index in [1.54, 1.807) is 0 Å². The van der Waals surface area contributed by atoms with E-state index < -0.39 is 0 Å². The molecule has 4 nitrogen and oxygen atoms in total. The average molecular weight is 300 g/mol. The normalized spacial score (nSPS) is 25.7. The van der Waals surface area contributed by atoms with Gasteiger partial charge in [0.2, 0.25) is 0 Å². The van der Waals surface area contributed by atoms with Gasteiger partial charge in [0.05, 0.1) is 6.10 Å². The van der Waals surface area contributed by atoms with E-state index >= 15 is 0 Å². The van der Waals surface area contributed by atoms with Gasteiger partial charge in [0.15, 0.2) is 0 Å². The van der Waals surface area contributed by atoms with Gasteiger partial charge in [-0.25, -0.2) is 0 Å². The minimum absolute atomic E-state index is 0.177. The van der Waals surface area contributed by atoms with E-state index in [1.807, 2.05) is 0 Å². The van der Waals surface area contributed by atoms with Crippen LogP contribution in [0.3, 0.4) is 0 Å². The maximum absolute atomic E-state index is 10.2. The van der Waals surface area contributed by atoms with Crippen molar-refractivity contribution in [1.29, 1.82) is 0 Å². The molecule has 1 saturated heterocycles. The molecule has 1 aliphatic heterocycles. The van der Waals surface area contributed by atoms with Crippen LogP contribution in [0, 0.1) is 17.8 Å². The Morgan fingerprint density at radius 1 is 1.24 bits per heavy atom. The smallest absolute Gasteiger partial charge is 0.0566 e. The van der Waals surface area contributed by atoms with Crippen LogP contribution in [-0.4, -0.2) is 54.9 Å². The Morgan fingerprint density at radius 2 is 1.95 bits per heavy atom. The van der Waals surface area contributed by atoms with Crippen LogP contribution in [0.25, 0.3) is 0 Å². The van der Waals surface area contributed by atoms with E-state index in [-0.39, 0.29) is 6.10 Å². The average Bonchev–Trinajstić information content (AvgIpc) is 2.38. The molecular weight excluding hydrogens is 262 g/mol. The molecule has 21 heavy (non-hydrogen) atoms. The number of likely N-dealkylation sites (tertiary alicyclic amines) is 1. The molecule has 0 aliphatic carbocycles. The second kappa shape index (κ2) is 9.78. The van der Waals surface area contributed by atoms with Gasteiger partial charge in [-0.05, 0) is 43.6 Å². The quantitative estimate of drug-likeness (QED) is 0.606. The Hall–Kier alpha value is -0.160. The monoisotopic (exact) mass is 299 g/mol. The molecule has 1 heterocycles. The summed E-state index contributed by atoms with van der Waals surface area (Å²) in [4.78, 5) is 2.47. The summed E-state index contributed by atoms with van der Waals surface area (Å²) < 4.78 is 0. The zero-order valence-corrected chi connectivity index (χ0v) is 14.5. The topological polar surface area (TPSA) is 61.5 Å². The summed E-state index contributed by atoms with van der Waals surface area (Å²) in [6, 6.07) is 0.549. The summed E-state index contributed by atoms with van der Waals surface area (Å²) in [5.41, 5.74) is 5.73. The molecule has 1 aliphatic rings. The molecule has 1 rings (SSSR count). The first kappa shape index (κ1) is 18.9. The lowest BCUT2D eigenvalue weighted by Gasteiger charge is -2.39. The minimum atomic E-state index is -0.177. The Morgan fingerprint density at radius 3 is 2.52 bits per heavy atom. The van der Waals surface area contributed by atoms with Crippen LogP contribution >= 0.6 is 0 Å². The number of hydrogen-bond acceptors (Lipinski definition) is 4. The van der Waals surface area contributed by atoms with Gasteiger partial charge in [0.1, 0.15) is 0 Å². The van der Waals surface area contributed by atoms with Gasteiger partial charge in [0.25, 0.3) is 0 Å². The summed E-state index contributed by atoms with van der Waals surface area (Å²) in [7, 11) is 0. The Kier molecular flexibility index (Phi) is 8.79. The first-order valence-corrected chi connectivity index (χ1v) is 8.76. The molecule has 0 aromatic heterocycles. The van der Waals surface area contributed by atoms with Crippen LogP contribution in [0.4, 0.5) is 0 Å². The zero-order valence-electron chi connectivity index (χ0n) is 14.5. The third-order valence-corrected chi connectivity index (χ3v) is 4.56. The summed E-state index contributed by atoms with van der Waals surface area (Å²) in [5, 5.41) is 13.9. The van der Waals surface area contributed by atoms with Gasteiger partial charge in [-0.1, -0.05) is 27.7 Å². The number of hydrogen-bond donors (Lipinski definition) is 3. The predicted molar refractivity (Wildman–Crippen MR) is 90.3 cm³/mol. The van der Waals surface area contributed by atoms with Crippen molar-refractivity contribution >= 4 is 0 Å². The maximum Gasteiger partial charge on any atom is 0.0566 e. The predicted octanol–water partition coefficient (Wildman–Crippen LogP) is 1.68. The van der Waals surface area contributed by atoms with Crippen LogP contribution in [0.5, 0.6) is 0 Å². The maximum atomic E-state index is 10.2. The fourth-order valence-electron chi connectivity index (χ4n) is 3.18. The molecule has 4 N–H and O–H groups in total. The van der Waals surface area contributed by atoms with Gasteiger partial charge in [0, 0.05) is 32.2 Å². The third kappa shape index (κ3) is 7.59. The van der Waals surface area contributed by atoms with Gasteiger partial charge < -0.3 is 21.1 Å². The molecule has 0 radical (unpaired) electrons. The first-order chi connectivity index (χ1) is 9.92. The lowest BCUT2D eigenvalue weighted by molar-refractivity contribution is 0.0625. The first-order valence-electron chi connectivity index (χ1n) is 8.76. The molecule has 3 atom stereocenters. The highest BCUT2D eigenvalue weighted by molar-refractivity contribution is 4.85. The summed E-state index contributed by atoms with van der Waals surface area (Å²) >= 11 is 0. The number of nitrogens with zero attached hydrogens (tertiary/aromatic N) is 1. The third-order valence-electron chi connectivity index (χ3n) is 4.56. The lowest BCUT2D eigenvalue weighted by Crippen LogP contribution is -2.51. The van der Waals surface area contributed by atoms with E-state index in [0.29, 0.717) is 17.9 Å². The van der Waals surface area contributed by atoms with Crippen LogP contribution in [0.2, 0.25) is 0 Å². The number of aliphatic hydroxyl groups excluding tert-OH is 1. The molecule has 3 unspecified atom stereocenters. The van der Waals surface area contributed by atoms with E-state index in [4.69, 9.17) is 5.73 Å². The van der Waals surface area contributed by atoms with E-state index in [1.165, 1.54) is 12.8 Å². The molecule has 126 valence electrons. The molecule has 0 aromatic carbocycles. The number of piperidine rings is 1. The van der Waals surface area contributed by atoms with E-state index in [0.717, 1.165) is 45.1 Å². The van der Waals surface area contributed by atoms with Gasteiger partial charge in [-0.15, -0.1) is 0 Å². The number of aliphatic hydroxyl groups is 1. The van der Waals surface area contributed by atoms with Crippen molar-refractivity contribution in [3.8, 4) is 0 Å². The standard InChI is InChI=1S/C17H37N3O/c1-13(2)5-7-19-16-9-15(10-17(21)14(3)4)11-20(12-16)8-6-18/h13-17,19,21H,5-12,18H2,1-4H3. The number of rotatable bonds is 9. The molecule has 0 spiro atoms. The van der Waals surface area contributed by atoms with Gasteiger partial charge in [-0.2, -0.15) is 0 Å². The van der Waals surface area contributed by atoms with Crippen LogP contribution in [0.15, 0.2) is 0 Å². The largest absolute Gasteiger partial charge is 0.393 e. The van der Waals surface area contributed by atoms with Crippen molar-refractivity contribution in [2.45, 2.75) is 59.1 Å². The van der Waals surface area contributed by atoms with Crippen molar-refractivity contribution in [1.82, 2.24) is 10.2 Å². The highest BCUT2D eigenvalue weighted by atomic mass is 16.3. The highest BCUT2D eigenvalue weighted by Gasteiger charge is 2.28. The van der Waals surface area contributed by atoms with Crippen LogP contribution in [0.1, 0.15) is 47.0 Å². The summed E-state index contributed by atoms with van der Waals surface area (Å²) in [5.74, 6) is 1.68. The van der Waals surface area contributed by atoms with Crippen molar-refractivity contribution in [2.75, 3.05) is 32.7 Å². The fourth-order valence-corrected chi connectivity index (χ4v) is 3.18. The molecular formula is C17H37N3O. The van der Waals surface area contributed by atoms with Gasteiger partial charge in [-0.3, -0.25) is 0 Å². The SMILES string of the molecule is CC(C)CCNC1CC(CC(O)C(C)C)CN(CCN)C1. The summed E-state index contributed by atoms with van der Waals surface area (Å²) in [6.45, 7) is 13.7. The second-order valence-corrected chi connectivity index (χ2v) is 7.53. The zero-order chi connectivity index (χ0) is 15.8. The molecule has 0 saturated carbocycles. The number of nitrogens with one attached hydrogen (secondary N) is 1.